The quantitative estimate of drug-likeness (QED) is 0.304. The molecule has 0 fully saturated rings. The highest BCUT2D eigenvalue weighted by Gasteiger charge is 2.10. The molecule has 0 heterocycles. The number of aryl methyl sites for hydroxylation is 1. The highest BCUT2D eigenvalue weighted by Crippen LogP contribution is 2.40. The number of aromatic hydroxyl groups is 3. The van der Waals surface area contributed by atoms with Gasteiger partial charge < -0.3 is 15.3 Å². The molecule has 5 nitrogen and oxygen atoms in total. The maximum absolute atomic E-state index is 10.0. The summed E-state index contributed by atoms with van der Waals surface area (Å²) in [5.74, 6) is -0.141. The van der Waals surface area contributed by atoms with Crippen molar-refractivity contribution >= 4 is 43.2 Å². The molecular weight excluding hydrogens is 452 g/mol. The number of halogens is 2. The number of rotatable bonds is 7. The minimum Gasteiger partial charge on any atom is -0.508 e. The third-order valence-electron chi connectivity index (χ3n) is 3.75. The van der Waals surface area contributed by atoms with E-state index in [9.17, 15) is 15.3 Å². The summed E-state index contributed by atoms with van der Waals surface area (Å²) in [5.41, 5.74) is 1.24. The Morgan fingerprint density at radius 2 is 1.56 bits per heavy atom. The van der Waals surface area contributed by atoms with Gasteiger partial charge in [0.1, 0.15) is 22.9 Å². The van der Waals surface area contributed by atoms with Gasteiger partial charge in [-0.1, -0.05) is 42.1 Å². The van der Waals surface area contributed by atoms with Crippen LogP contribution in [0.4, 0.5) is 11.4 Å². The van der Waals surface area contributed by atoms with E-state index in [1.54, 1.807) is 18.2 Å². The molecule has 25 heavy (non-hydrogen) atoms. The Bertz CT molecular complexity index is 779. The van der Waals surface area contributed by atoms with Crippen LogP contribution in [0.25, 0.3) is 0 Å². The molecule has 3 N–H and O–H groups in total. The van der Waals surface area contributed by atoms with Crippen molar-refractivity contribution in [2.75, 3.05) is 0 Å². The van der Waals surface area contributed by atoms with Crippen LogP contribution < -0.4 is 0 Å². The van der Waals surface area contributed by atoms with Crippen LogP contribution >= 0.6 is 31.9 Å². The minimum atomic E-state index is -0.160. The smallest absolute Gasteiger partial charge is 0.157 e. The van der Waals surface area contributed by atoms with Gasteiger partial charge in [0, 0.05) is 10.5 Å². The first-order chi connectivity index (χ1) is 11.9. The molecule has 0 aliphatic rings. The number of benzene rings is 2. The summed E-state index contributed by atoms with van der Waals surface area (Å²) in [4.78, 5) is 0. The van der Waals surface area contributed by atoms with Crippen molar-refractivity contribution < 1.29 is 15.3 Å². The highest BCUT2D eigenvalue weighted by molar-refractivity contribution is 9.11. The van der Waals surface area contributed by atoms with E-state index in [4.69, 9.17) is 0 Å². The molecule has 0 saturated heterocycles. The fourth-order valence-electron chi connectivity index (χ4n) is 2.37. The zero-order valence-electron chi connectivity index (χ0n) is 13.8. The van der Waals surface area contributed by atoms with E-state index in [2.05, 4.69) is 49.0 Å². The number of hydrogen-bond donors (Lipinski definition) is 3. The Morgan fingerprint density at radius 1 is 0.840 bits per heavy atom. The van der Waals surface area contributed by atoms with Crippen LogP contribution in [0, 0.1) is 0 Å². The Kier molecular flexibility index (Phi) is 7.25. The molecule has 0 spiro atoms. The van der Waals surface area contributed by atoms with Crippen molar-refractivity contribution in [2.24, 2.45) is 10.2 Å². The second-order valence-corrected chi connectivity index (χ2v) is 7.51. The van der Waals surface area contributed by atoms with E-state index >= 15 is 0 Å². The topological polar surface area (TPSA) is 85.4 Å². The van der Waals surface area contributed by atoms with E-state index in [1.165, 1.54) is 6.07 Å². The van der Waals surface area contributed by atoms with Gasteiger partial charge in [-0.3, -0.25) is 0 Å². The molecule has 0 amide bonds. The van der Waals surface area contributed by atoms with E-state index in [-0.39, 0.29) is 28.6 Å². The van der Waals surface area contributed by atoms with Crippen LogP contribution in [0.5, 0.6) is 17.2 Å². The second kappa shape index (κ2) is 9.20. The van der Waals surface area contributed by atoms with E-state index in [0.717, 1.165) is 35.7 Å². The second-order valence-electron chi connectivity index (χ2n) is 5.74. The third-order valence-corrected chi connectivity index (χ3v) is 4.81. The Hall–Kier alpha value is -1.60. The number of hydrogen-bond acceptors (Lipinski definition) is 5. The molecule has 0 atom stereocenters. The summed E-state index contributed by atoms with van der Waals surface area (Å²) in [6.45, 7) is 2.15. The molecule has 0 aromatic heterocycles. The van der Waals surface area contributed by atoms with Gasteiger partial charge in [0.25, 0.3) is 0 Å². The largest absolute Gasteiger partial charge is 0.508 e. The SMILES string of the molecule is CCCCCCc1cc(N=Nc2cc(Br)cc(Br)c2O)c(O)cc1O. The van der Waals surface area contributed by atoms with Crippen LogP contribution in [0.3, 0.4) is 0 Å². The lowest BCUT2D eigenvalue weighted by atomic mass is 10.0. The molecule has 134 valence electrons. The first-order valence-corrected chi connectivity index (χ1v) is 9.65. The van der Waals surface area contributed by atoms with Crippen molar-refractivity contribution in [2.45, 2.75) is 39.0 Å². The molecule has 0 bridgehead atoms. The number of azo groups is 1. The average Bonchev–Trinajstić information content (AvgIpc) is 2.56. The summed E-state index contributed by atoms with van der Waals surface area (Å²) < 4.78 is 1.22. The van der Waals surface area contributed by atoms with Gasteiger partial charge in [0.15, 0.2) is 5.75 Å². The lowest BCUT2D eigenvalue weighted by Gasteiger charge is -2.07. The van der Waals surface area contributed by atoms with Gasteiger partial charge in [0.2, 0.25) is 0 Å². The fraction of sp³-hybridized carbons (Fsp3) is 0.333. The Balaban J connectivity index is 2.24. The molecular formula is C18H20Br2N2O3. The molecule has 0 aliphatic carbocycles. The lowest BCUT2D eigenvalue weighted by Crippen LogP contribution is -1.87. The van der Waals surface area contributed by atoms with Crippen molar-refractivity contribution in [1.29, 1.82) is 0 Å². The number of phenols is 3. The van der Waals surface area contributed by atoms with E-state index in [1.807, 2.05) is 0 Å². The lowest BCUT2D eigenvalue weighted by molar-refractivity contribution is 0.445. The van der Waals surface area contributed by atoms with Gasteiger partial charge in [-0.25, -0.2) is 0 Å². The molecule has 0 saturated carbocycles. The zero-order valence-corrected chi connectivity index (χ0v) is 17.0. The zero-order chi connectivity index (χ0) is 18.4. The highest BCUT2D eigenvalue weighted by atomic mass is 79.9. The van der Waals surface area contributed by atoms with Crippen molar-refractivity contribution in [3.8, 4) is 17.2 Å². The molecule has 2 rings (SSSR count). The van der Waals surface area contributed by atoms with Gasteiger partial charge in [-0.2, -0.15) is 0 Å². The van der Waals surface area contributed by atoms with Crippen LogP contribution in [0.2, 0.25) is 0 Å². The van der Waals surface area contributed by atoms with Gasteiger partial charge in [0.05, 0.1) is 4.47 Å². The number of phenolic OH excluding ortho intramolecular Hbond substituents is 3. The van der Waals surface area contributed by atoms with Gasteiger partial charge in [-0.05, 0) is 52.5 Å². The number of nitrogens with zero attached hydrogens (tertiary/aromatic N) is 2. The first kappa shape index (κ1) is 19.7. The molecule has 0 unspecified atom stereocenters. The standard InChI is InChI=1S/C18H20Br2N2O3/c1-2-3-4-5-6-11-7-14(17(24)10-16(11)23)21-22-15-9-12(19)8-13(20)18(15)25/h7-10,23-25H,2-6H2,1H3. The molecule has 7 heteroatoms. The van der Waals surface area contributed by atoms with Crippen molar-refractivity contribution in [1.82, 2.24) is 0 Å². The summed E-state index contributed by atoms with van der Waals surface area (Å²) in [7, 11) is 0. The third kappa shape index (κ3) is 5.44. The minimum absolute atomic E-state index is 0.0370. The Labute approximate surface area is 163 Å². The molecule has 0 aliphatic heterocycles. The molecule has 2 aromatic rings. The van der Waals surface area contributed by atoms with Crippen LogP contribution in [-0.2, 0) is 6.42 Å². The molecule has 2 aromatic carbocycles. The van der Waals surface area contributed by atoms with E-state index in [0.29, 0.717) is 10.9 Å². The van der Waals surface area contributed by atoms with Crippen molar-refractivity contribution in [3.05, 3.63) is 38.8 Å². The fourth-order valence-corrected chi connectivity index (χ4v) is 3.57. The van der Waals surface area contributed by atoms with Crippen LogP contribution in [-0.4, -0.2) is 15.3 Å². The summed E-state index contributed by atoms with van der Waals surface area (Å²) in [6, 6.07) is 6.22. The van der Waals surface area contributed by atoms with E-state index < -0.39 is 0 Å². The van der Waals surface area contributed by atoms with Crippen molar-refractivity contribution in [3.63, 3.8) is 0 Å². The predicted octanol–water partition coefficient (Wildman–Crippen LogP) is 6.87. The molecule has 0 radical (unpaired) electrons. The van der Waals surface area contributed by atoms with Crippen LogP contribution in [0.1, 0.15) is 38.2 Å². The van der Waals surface area contributed by atoms with Gasteiger partial charge >= 0.3 is 0 Å². The maximum Gasteiger partial charge on any atom is 0.157 e. The number of unbranched alkanes of at least 4 members (excludes halogenated alkanes) is 3. The first-order valence-electron chi connectivity index (χ1n) is 8.07. The van der Waals surface area contributed by atoms with Crippen LogP contribution in [0.15, 0.2) is 43.4 Å². The summed E-state index contributed by atoms with van der Waals surface area (Å²) >= 11 is 6.56. The maximum atomic E-state index is 10.0. The summed E-state index contributed by atoms with van der Waals surface area (Å²) in [6.07, 6.45) is 5.06. The normalized spacial score (nSPS) is 11.3. The average molecular weight is 472 g/mol. The van der Waals surface area contributed by atoms with Gasteiger partial charge in [-0.15, -0.1) is 10.2 Å². The monoisotopic (exact) mass is 470 g/mol. The Morgan fingerprint density at radius 3 is 2.28 bits per heavy atom. The summed E-state index contributed by atoms with van der Waals surface area (Å²) in [5, 5.41) is 38.0. The predicted molar refractivity (Wildman–Crippen MR) is 105 cm³/mol.